The molecule has 0 saturated heterocycles. The number of aliphatic hydroxyl groups excluding tert-OH is 1. The maximum absolute atomic E-state index is 9.05. The van der Waals surface area contributed by atoms with Crippen LogP contribution in [0.4, 0.5) is 0 Å². The molecule has 0 radical (unpaired) electrons. The Bertz CT molecular complexity index is 86.7. The summed E-state index contributed by atoms with van der Waals surface area (Å²) in [5.41, 5.74) is 0.527. The summed E-state index contributed by atoms with van der Waals surface area (Å²) < 4.78 is 0. The lowest BCUT2D eigenvalue weighted by molar-refractivity contribution is -0.0368. The summed E-state index contributed by atoms with van der Waals surface area (Å²) in [5, 5.41) is 9.05. The molecule has 54 valence electrons. The molecule has 1 nitrogen and oxygen atoms in total. The van der Waals surface area contributed by atoms with Crippen LogP contribution in [-0.4, -0.2) is 11.2 Å². The van der Waals surface area contributed by atoms with Gasteiger partial charge in [-0.3, -0.25) is 0 Å². The van der Waals surface area contributed by atoms with Gasteiger partial charge in [0.2, 0.25) is 0 Å². The fraction of sp³-hybridized carbons (Fsp3) is 1.00. The molecule has 0 aromatic carbocycles. The summed E-state index contributed by atoms with van der Waals surface area (Å²) in [6, 6.07) is 0. The van der Waals surface area contributed by atoms with E-state index in [1.54, 1.807) is 0 Å². The van der Waals surface area contributed by atoms with Crippen molar-refractivity contribution in [2.24, 2.45) is 5.41 Å². The first kappa shape index (κ1) is 7.07. The van der Waals surface area contributed by atoms with Gasteiger partial charge in [0.1, 0.15) is 0 Å². The minimum Gasteiger partial charge on any atom is -0.393 e. The first-order valence-corrected chi connectivity index (χ1v) is 3.90. The van der Waals surface area contributed by atoms with Crippen molar-refractivity contribution in [2.45, 2.75) is 45.6 Å². The zero-order chi connectivity index (χ0) is 6.91. The van der Waals surface area contributed by atoms with Crippen LogP contribution in [0, 0.1) is 5.41 Å². The summed E-state index contributed by atoms with van der Waals surface area (Å²) in [6.07, 6.45) is 4.58. The molecule has 0 unspecified atom stereocenters. The number of rotatable bonds is 2. The predicted octanol–water partition coefficient (Wildman–Crippen LogP) is 1.95. The van der Waals surface area contributed by atoms with Gasteiger partial charge in [0.05, 0.1) is 6.10 Å². The van der Waals surface area contributed by atoms with Crippen LogP contribution in [0.5, 0.6) is 0 Å². The molecule has 1 aliphatic carbocycles. The van der Waals surface area contributed by atoms with Gasteiger partial charge in [-0.1, -0.05) is 26.7 Å². The van der Waals surface area contributed by atoms with Crippen molar-refractivity contribution in [2.75, 3.05) is 0 Å². The van der Waals surface area contributed by atoms with E-state index in [4.69, 9.17) is 5.11 Å². The summed E-state index contributed by atoms with van der Waals surface area (Å²) in [6.45, 7) is 4.44. The second-order valence-corrected chi connectivity index (χ2v) is 3.27. The van der Waals surface area contributed by atoms with Gasteiger partial charge in [-0.05, 0) is 18.3 Å². The SMILES string of the molecule is CCC1(CC)CC(O)C1. The van der Waals surface area contributed by atoms with Gasteiger partial charge in [-0.15, -0.1) is 0 Å². The molecule has 1 N–H and O–H groups in total. The average molecular weight is 128 g/mol. The topological polar surface area (TPSA) is 20.2 Å². The van der Waals surface area contributed by atoms with Crippen LogP contribution >= 0.6 is 0 Å². The van der Waals surface area contributed by atoms with Gasteiger partial charge in [-0.25, -0.2) is 0 Å². The molecule has 0 heterocycles. The number of aliphatic hydroxyl groups is 1. The van der Waals surface area contributed by atoms with Gasteiger partial charge in [0.15, 0.2) is 0 Å². The molecule has 1 aliphatic rings. The highest BCUT2D eigenvalue weighted by molar-refractivity contribution is 4.91. The molecule has 0 aliphatic heterocycles. The van der Waals surface area contributed by atoms with Gasteiger partial charge >= 0.3 is 0 Å². The third-order valence-corrected chi connectivity index (χ3v) is 2.84. The Balaban J connectivity index is 2.36. The fourth-order valence-electron chi connectivity index (χ4n) is 1.77. The molecule has 0 bridgehead atoms. The number of hydrogen-bond donors (Lipinski definition) is 1. The van der Waals surface area contributed by atoms with E-state index in [9.17, 15) is 0 Å². The van der Waals surface area contributed by atoms with E-state index in [0.29, 0.717) is 5.41 Å². The predicted molar refractivity (Wildman–Crippen MR) is 38.3 cm³/mol. The highest BCUT2D eigenvalue weighted by atomic mass is 16.3. The van der Waals surface area contributed by atoms with Gasteiger partial charge in [0.25, 0.3) is 0 Å². The van der Waals surface area contributed by atoms with Crippen molar-refractivity contribution in [1.82, 2.24) is 0 Å². The molecule has 0 amide bonds. The van der Waals surface area contributed by atoms with E-state index in [1.165, 1.54) is 12.8 Å². The molecular formula is C8H16O. The third-order valence-electron chi connectivity index (χ3n) is 2.84. The maximum atomic E-state index is 9.05. The highest BCUT2D eigenvalue weighted by Crippen LogP contribution is 2.46. The van der Waals surface area contributed by atoms with Crippen molar-refractivity contribution in [3.63, 3.8) is 0 Å². The molecule has 0 aromatic heterocycles. The third kappa shape index (κ3) is 1.11. The van der Waals surface area contributed by atoms with E-state index in [-0.39, 0.29) is 6.10 Å². The Morgan fingerprint density at radius 2 is 1.78 bits per heavy atom. The zero-order valence-corrected chi connectivity index (χ0v) is 6.35. The molecule has 1 heteroatoms. The average Bonchev–Trinajstić information content (AvgIpc) is 1.81. The van der Waals surface area contributed by atoms with Crippen LogP contribution in [0.2, 0.25) is 0 Å². The lowest BCUT2D eigenvalue weighted by atomic mass is 9.64. The largest absolute Gasteiger partial charge is 0.393 e. The smallest absolute Gasteiger partial charge is 0.0550 e. The Hall–Kier alpha value is -0.0400. The van der Waals surface area contributed by atoms with E-state index in [0.717, 1.165) is 12.8 Å². The molecule has 1 fully saturated rings. The van der Waals surface area contributed by atoms with Crippen LogP contribution in [0.1, 0.15) is 39.5 Å². The molecule has 0 spiro atoms. The van der Waals surface area contributed by atoms with E-state index < -0.39 is 0 Å². The monoisotopic (exact) mass is 128 g/mol. The quantitative estimate of drug-likeness (QED) is 0.602. The standard InChI is InChI=1S/C8H16O/c1-3-8(4-2)5-7(9)6-8/h7,9H,3-6H2,1-2H3. The first-order valence-electron chi connectivity index (χ1n) is 3.90. The van der Waals surface area contributed by atoms with E-state index >= 15 is 0 Å². The van der Waals surface area contributed by atoms with Crippen LogP contribution in [0.25, 0.3) is 0 Å². The van der Waals surface area contributed by atoms with E-state index in [1.807, 2.05) is 0 Å². The Kier molecular flexibility index (Phi) is 1.80. The second-order valence-electron chi connectivity index (χ2n) is 3.27. The minimum atomic E-state index is 0.0184. The minimum absolute atomic E-state index is 0.0184. The molecule has 1 rings (SSSR count). The van der Waals surface area contributed by atoms with Crippen molar-refractivity contribution in [3.05, 3.63) is 0 Å². The lowest BCUT2D eigenvalue weighted by Crippen LogP contribution is -2.39. The van der Waals surface area contributed by atoms with Gasteiger partial charge in [-0.2, -0.15) is 0 Å². The summed E-state index contributed by atoms with van der Waals surface area (Å²) in [7, 11) is 0. The normalized spacial score (nSPS) is 25.7. The molecule has 1 saturated carbocycles. The van der Waals surface area contributed by atoms with E-state index in [2.05, 4.69) is 13.8 Å². The lowest BCUT2D eigenvalue weighted by Gasteiger charge is -2.44. The molecular weight excluding hydrogens is 112 g/mol. The second kappa shape index (κ2) is 2.30. The van der Waals surface area contributed by atoms with Crippen LogP contribution in [-0.2, 0) is 0 Å². The van der Waals surface area contributed by atoms with Crippen molar-refractivity contribution >= 4 is 0 Å². The van der Waals surface area contributed by atoms with Gasteiger partial charge < -0.3 is 5.11 Å². The van der Waals surface area contributed by atoms with Crippen molar-refractivity contribution < 1.29 is 5.11 Å². The zero-order valence-electron chi connectivity index (χ0n) is 6.35. The van der Waals surface area contributed by atoms with Crippen LogP contribution in [0.3, 0.4) is 0 Å². The Labute approximate surface area is 57.1 Å². The Morgan fingerprint density at radius 3 is 1.89 bits per heavy atom. The van der Waals surface area contributed by atoms with Crippen LogP contribution in [0.15, 0.2) is 0 Å². The molecule has 0 aromatic rings. The first-order chi connectivity index (χ1) is 4.22. The highest BCUT2D eigenvalue weighted by Gasteiger charge is 2.39. The van der Waals surface area contributed by atoms with Crippen molar-refractivity contribution in [1.29, 1.82) is 0 Å². The fourth-order valence-corrected chi connectivity index (χ4v) is 1.77. The van der Waals surface area contributed by atoms with Crippen molar-refractivity contribution in [3.8, 4) is 0 Å². The summed E-state index contributed by atoms with van der Waals surface area (Å²) in [4.78, 5) is 0. The maximum Gasteiger partial charge on any atom is 0.0550 e. The van der Waals surface area contributed by atoms with Crippen LogP contribution < -0.4 is 0 Å². The summed E-state index contributed by atoms with van der Waals surface area (Å²) in [5.74, 6) is 0. The molecule has 0 atom stereocenters. The molecule has 9 heavy (non-hydrogen) atoms. The van der Waals surface area contributed by atoms with Gasteiger partial charge in [0, 0.05) is 0 Å². The summed E-state index contributed by atoms with van der Waals surface area (Å²) >= 11 is 0. The Morgan fingerprint density at radius 1 is 1.33 bits per heavy atom. The number of hydrogen-bond acceptors (Lipinski definition) is 1.